The predicted octanol–water partition coefficient (Wildman–Crippen LogP) is 5.06. The molecule has 2 bridgehead atoms. The van der Waals surface area contributed by atoms with Gasteiger partial charge >= 0.3 is 11.9 Å². The zero-order valence-corrected chi connectivity index (χ0v) is 17.9. The molecule has 2 saturated carbocycles. The minimum atomic E-state index is -0.633. The van der Waals surface area contributed by atoms with Gasteiger partial charge in [0.2, 0.25) is 0 Å². The van der Waals surface area contributed by atoms with Gasteiger partial charge in [-0.2, -0.15) is 0 Å². The largest absolute Gasteiger partial charge is 0.455 e. The Bertz CT molecular complexity index is 764. The highest BCUT2D eigenvalue weighted by Gasteiger charge is 2.56. The molecule has 29 heavy (non-hydrogen) atoms. The maximum absolute atomic E-state index is 13.2. The van der Waals surface area contributed by atoms with Crippen molar-refractivity contribution in [2.45, 2.75) is 71.0 Å². The van der Waals surface area contributed by atoms with E-state index < -0.39 is 11.2 Å². The normalized spacial score (nSPS) is 40.4. The van der Waals surface area contributed by atoms with Gasteiger partial charge in [-0.25, -0.2) is 0 Å². The molecule has 0 aromatic carbocycles. The second-order valence-corrected chi connectivity index (χ2v) is 9.95. The highest BCUT2D eigenvalue weighted by atomic mass is 16.6. The fraction of sp³-hybridized carbons (Fsp3) is 0.600. The van der Waals surface area contributed by atoms with E-state index in [4.69, 9.17) is 9.47 Å². The molecule has 4 rings (SSSR count). The van der Waals surface area contributed by atoms with Crippen LogP contribution in [0.2, 0.25) is 0 Å². The summed E-state index contributed by atoms with van der Waals surface area (Å²) >= 11 is 0. The molecule has 0 amide bonds. The highest BCUT2D eigenvalue weighted by molar-refractivity contribution is 5.84. The summed E-state index contributed by atoms with van der Waals surface area (Å²) in [4.78, 5) is 26.5. The minimum absolute atomic E-state index is 0.231. The Morgan fingerprint density at radius 2 is 1.24 bits per heavy atom. The van der Waals surface area contributed by atoms with E-state index in [0.29, 0.717) is 12.8 Å². The number of carbonyl (C=O) groups excluding carboxylic acids is 2. The van der Waals surface area contributed by atoms with Crippen LogP contribution in [-0.4, -0.2) is 23.1 Å². The molecule has 2 fully saturated rings. The molecular weight excluding hydrogens is 364 g/mol. The molecular formula is C25H32O4. The van der Waals surface area contributed by atoms with Crippen LogP contribution in [0.5, 0.6) is 0 Å². The lowest BCUT2D eigenvalue weighted by Crippen LogP contribution is -2.43. The maximum Gasteiger partial charge on any atom is 0.310 e. The molecule has 4 heteroatoms. The predicted molar refractivity (Wildman–Crippen MR) is 112 cm³/mol. The zero-order chi connectivity index (χ0) is 20.8. The third-order valence-corrected chi connectivity index (χ3v) is 7.05. The van der Waals surface area contributed by atoms with Crippen LogP contribution in [-0.2, 0) is 19.1 Å². The molecule has 0 N–H and O–H groups in total. The molecule has 6 atom stereocenters. The minimum Gasteiger partial charge on any atom is -0.455 e. The van der Waals surface area contributed by atoms with Gasteiger partial charge in [0.15, 0.2) is 0 Å². The molecule has 0 saturated heterocycles. The SMILES string of the molecule is CC1=CC=CC(C)(OC(=O)C2C3CCC(C3)C2C(=O)OC2(C)C=CC=C(C)C2)C1. The van der Waals surface area contributed by atoms with Gasteiger partial charge < -0.3 is 9.47 Å². The molecule has 4 nitrogen and oxygen atoms in total. The summed E-state index contributed by atoms with van der Waals surface area (Å²) in [6.45, 7) is 7.98. The lowest BCUT2D eigenvalue weighted by molar-refractivity contribution is -0.174. The average Bonchev–Trinajstić information content (AvgIpc) is 3.21. The second-order valence-electron chi connectivity index (χ2n) is 9.95. The van der Waals surface area contributed by atoms with E-state index in [1.54, 1.807) is 0 Å². The summed E-state index contributed by atoms with van der Waals surface area (Å²) in [5, 5.41) is 0. The van der Waals surface area contributed by atoms with Crippen LogP contribution in [0.25, 0.3) is 0 Å². The summed E-state index contributed by atoms with van der Waals surface area (Å²) in [6.07, 6.45) is 16.2. The molecule has 0 heterocycles. The van der Waals surface area contributed by atoms with Gasteiger partial charge in [-0.15, -0.1) is 0 Å². The Labute approximate surface area is 173 Å². The van der Waals surface area contributed by atoms with Crippen molar-refractivity contribution in [1.29, 1.82) is 0 Å². The number of carbonyl (C=O) groups is 2. The summed E-state index contributed by atoms with van der Waals surface area (Å²) in [6, 6.07) is 0. The van der Waals surface area contributed by atoms with Gasteiger partial charge in [0.25, 0.3) is 0 Å². The molecule has 0 aromatic rings. The van der Waals surface area contributed by atoms with Crippen LogP contribution in [0.3, 0.4) is 0 Å². The van der Waals surface area contributed by atoms with Crippen molar-refractivity contribution < 1.29 is 19.1 Å². The van der Waals surface area contributed by atoms with Crippen LogP contribution >= 0.6 is 0 Å². The maximum atomic E-state index is 13.2. The first kappa shape index (κ1) is 20.2. The molecule has 6 unspecified atom stereocenters. The first-order valence-electron chi connectivity index (χ1n) is 10.8. The molecule has 0 radical (unpaired) electrons. The first-order valence-corrected chi connectivity index (χ1v) is 10.8. The van der Waals surface area contributed by atoms with Crippen molar-refractivity contribution >= 4 is 11.9 Å². The Kier molecular flexibility index (Phi) is 5.08. The first-order chi connectivity index (χ1) is 13.7. The number of hydrogen-bond acceptors (Lipinski definition) is 4. The van der Waals surface area contributed by atoms with E-state index in [1.807, 2.05) is 64.2 Å². The van der Waals surface area contributed by atoms with E-state index in [2.05, 4.69) is 0 Å². The number of rotatable bonds is 4. The molecule has 0 aromatic heterocycles. The Morgan fingerprint density at radius 3 is 1.62 bits per heavy atom. The zero-order valence-electron chi connectivity index (χ0n) is 17.9. The Balaban J connectivity index is 1.49. The lowest BCUT2D eigenvalue weighted by Gasteiger charge is -2.36. The van der Waals surface area contributed by atoms with Crippen LogP contribution < -0.4 is 0 Å². The number of hydrogen-bond donors (Lipinski definition) is 0. The third kappa shape index (κ3) is 3.99. The standard InChI is InChI=1S/C25H32O4/c1-16-7-5-11-24(3,14-16)28-22(26)20-18-9-10-19(13-18)21(20)23(27)29-25(4)12-6-8-17(2)15-25/h5-8,11-12,18-21H,9-10,13-15H2,1-4H3. The fourth-order valence-corrected chi connectivity index (χ4v) is 5.88. The van der Waals surface area contributed by atoms with Crippen molar-refractivity contribution in [3.8, 4) is 0 Å². The Morgan fingerprint density at radius 1 is 0.828 bits per heavy atom. The van der Waals surface area contributed by atoms with Gasteiger partial charge in [-0.3, -0.25) is 9.59 Å². The molecule has 4 aliphatic carbocycles. The molecule has 0 aliphatic heterocycles. The molecule has 156 valence electrons. The van der Waals surface area contributed by atoms with Gasteiger partial charge in [0.05, 0.1) is 11.8 Å². The van der Waals surface area contributed by atoms with Crippen molar-refractivity contribution in [2.75, 3.05) is 0 Å². The van der Waals surface area contributed by atoms with E-state index >= 15 is 0 Å². The topological polar surface area (TPSA) is 52.6 Å². The molecule has 0 spiro atoms. The van der Waals surface area contributed by atoms with Gasteiger partial charge in [0.1, 0.15) is 11.2 Å². The summed E-state index contributed by atoms with van der Waals surface area (Å²) in [7, 11) is 0. The third-order valence-electron chi connectivity index (χ3n) is 7.05. The van der Waals surface area contributed by atoms with Crippen LogP contribution in [0.4, 0.5) is 0 Å². The van der Waals surface area contributed by atoms with Crippen molar-refractivity contribution in [2.24, 2.45) is 23.7 Å². The van der Waals surface area contributed by atoms with Crippen LogP contribution in [0, 0.1) is 23.7 Å². The van der Waals surface area contributed by atoms with E-state index in [-0.39, 0.29) is 35.6 Å². The van der Waals surface area contributed by atoms with E-state index in [0.717, 1.165) is 19.3 Å². The highest BCUT2D eigenvalue weighted by Crippen LogP contribution is 2.54. The van der Waals surface area contributed by atoms with Gasteiger partial charge in [0, 0.05) is 12.8 Å². The quantitative estimate of drug-likeness (QED) is 0.623. The van der Waals surface area contributed by atoms with Crippen molar-refractivity contribution in [3.63, 3.8) is 0 Å². The monoisotopic (exact) mass is 396 g/mol. The number of ether oxygens (including phenoxy) is 2. The smallest absolute Gasteiger partial charge is 0.310 e. The van der Waals surface area contributed by atoms with Crippen molar-refractivity contribution in [3.05, 3.63) is 47.6 Å². The number of fused-ring (bicyclic) bond motifs is 2. The lowest BCUT2D eigenvalue weighted by atomic mass is 9.78. The summed E-state index contributed by atoms with van der Waals surface area (Å²) in [5.74, 6) is -0.776. The molecule has 4 aliphatic rings. The average molecular weight is 397 g/mol. The van der Waals surface area contributed by atoms with E-state index in [9.17, 15) is 9.59 Å². The summed E-state index contributed by atoms with van der Waals surface area (Å²) < 4.78 is 12.0. The van der Waals surface area contributed by atoms with E-state index in [1.165, 1.54) is 11.1 Å². The van der Waals surface area contributed by atoms with Gasteiger partial charge in [-0.1, -0.05) is 35.5 Å². The number of esters is 2. The number of allylic oxidation sites excluding steroid dienone is 4. The Hall–Kier alpha value is -2.10. The fourth-order valence-electron chi connectivity index (χ4n) is 5.88. The van der Waals surface area contributed by atoms with Crippen molar-refractivity contribution in [1.82, 2.24) is 0 Å². The second kappa shape index (κ2) is 7.30. The van der Waals surface area contributed by atoms with Crippen LogP contribution in [0.15, 0.2) is 47.6 Å². The summed E-state index contributed by atoms with van der Waals surface area (Å²) in [5.41, 5.74) is 1.11. The van der Waals surface area contributed by atoms with Crippen LogP contribution in [0.1, 0.15) is 59.8 Å². The van der Waals surface area contributed by atoms with Gasteiger partial charge in [-0.05, 0) is 70.9 Å².